The molecule has 0 fully saturated rings. The zero-order valence-corrected chi connectivity index (χ0v) is 16.8. The Morgan fingerprint density at radius 1 is 1.27 bits per heavy atom. The maximum Gasteiger partial charge on any atom is 0.288 e. The Balaban J connectivity index is 1.43. The van der Waals surface area contributed by atoms with Gasteiger partial charge in [-0.15, -0.1) is 27.8 Å². The van der Waals surface area contributed by atoms with E-state index in [-0.39, 0.29) is 0 Å². The molecule has 134 valence electrons. The van der Waals surface area contributed by atoms with Crippen molar-refractivity contribution in [2.75, 3.05) is 7.05 Å². The van der Waals surface area contributed by atoms with Crippen LogP contribution in [0.4, 0.5) is 0 Å². The molecule has 1 aromatic carbocycles. The SMILES string of the molecule is Cc1nc(Cc2nn(CN(C)Cc3nc4ccccc4s3)c(=S)o2)cs1. The topological polar surface area (TPSA) is 60.0 Å². The van der Waals surface area contributed by atoms with Gasteiger partial charge in [0.05, 0.1) is 40.6 Å². The van der Waals surface area contributed by atoms with E-state index in [0.717, 1.165) is 27.8 Å². The molecule has 0 saturated heterocycles. The normalized spacial score (nSPS) is 11.7. The van der Waals surface area contributed by atoms with Gasteiger partial charge in [0.15, 0.2) is 0 Å². The maximum absolute atomic E-state index is 5.62. The molecule has 4 rings (SSSR count). The van der Waals surface area contributed by atoms with Crippen LogP contribution in [0, 0.1) is 11.8 Å². The van der Waals surface area contributed by atoms with Crippen LogP contribution in [0.2, 0.25) is 0 Å². The first-order valence-corrected chi connectivity index (χ1v) is 10.2. The Morgan fingerprint density at radius 2 is 2.12 bits per heavy atom. The van der Waals surface area contributed by atoms with E-state index in [1.54, 1.807) is 27.4 Å². The predicted molar refractivity (Wildman–Crippen MR) is 106 cm³/mol. The standard InChI is InChI=1S/C17H17N5OS3/c1-11-18-12(9-25-11)7-15-20-22(17(24)23-15)10-21(2)8-16-19-13-5-3-4-6-14(13)26-16/h3-6,9H,7-8,10H2,1-2H3. The first-order valence-electron chi connectivity index (χ1n) is 8.07. The number of para-hydroxylation sites is 1. The van der Waals surface area contributed by atoms with Crippen molar-refractivity contribution in [1.82, 2.24) is 24.6 Å². The van der Waals surface area contributed by atoms with Crippen LogP contribution in [-0.4, -0.2) is 31.7 Å². The molecule has 0 bridgehead atoms. The maximum atomic E-state index is 5.62. The van der Waals surface area contributed by atoms with Gasteiger partial charge in [-0.05, 0) is 38.3 Å². The molecule has 0 unspecified atom stereocenters. The molecule has 0 radical (unpaired) electrons. The number of benzene rings is 1. The predicted octanol–water partition coefficient (Wildman–Crippen LogP) is 4.26. The fraction of sp³-hybridized carbons (Fsp3) is 0.294. The van der Waals surface area contributed by atoms with Gasteiger partial charge in [0.2, 0.25) is 5.89 Å². The van der Waals surface area contributed by atoms with Gasteiger partial charge >= 0.3 is 0 Å². The average Bonchev–Trinajstić information content (AvgIpc) is 3.27. The molecular formula is C17H17N5OS3. The summed E-state index contributed by atoms with van der Waals surface area (Å²) >= 11 is 8.64. The van der Waals surface area contributed by atoms with Crippen LogP contribution >= 0.6 is 34.9 Å². The number of thiazole rings is 2. The highest BCUT2D eigenvalue weighted by molar-refractivity contribution is 7.71. The largest absolute Gasteiger partial charge is 0.414 e. The fourth-order valence-corrected chi connectivity index (χ4v) is 4.51. The highest BCUT2D eigenvalue weighted by Gasteiger charge is 2.12. The third-order valence-corrected chi connectivity index (χ3v) is 5.90. The van der Waals surface area contributed by atoms with E-state index in [2.05, 4.69) is 26.0 Å². The summed E-state index contributed by atoms with van der Waals surface area (Å²) in [5.74, 6) is 0.591. The average molecular weight is 404 g/mol. The summed E-state index contributed by atoms with van der Waals surface area (Å²) in [6.45, 7) is 3.27. The van der Waals surface area contributed by atoms with Crippen molar-refractivity contribution in [3.63, 3.8) is 0 Å². The van der Waals surface area contributed by atoms with E-state index >= 15 is 0 Å². The van der Waals surface area contributed by atoms with E-state index < -0.39 is 0 Å². The molecule has 0 spiro atoms. The van der Waals surface area contributed by atoms with E-state index in [9.17, 15) is 0 Å². The van der Waals surface area contributed by atoms with Crippen molar-refractivity contribution in [2.45, 2.75) is 26.6 Å². The van der Waals surface area contributed by atoms with Gasteiger partial charge in [-0.2, -0.15) is 0 Å². The van der Waals surface area contributed by atoms with Gasteiger partial charge in [-0.3, -0.25) is 4.90 Å². The lowest BCUT2D eigenvalue weighted by Crippen LogP contribution is -2.22. The summed E-state index contributed by atoms with van der Waals surface area (Å²) in [6, 6.07) is 8.18. The molecule has 6 nitrogen and oxygen atoms in total. The Labute approximate surface area is 163 Å². The van der Waals surface area contributed by atoms with Crippen LogP contribution in [0.15, 0.2) is 34.1 Å². The number of rotatable bonds is 6. The molecule has 26 heavy (non-hydrogen) atoms. The monoisotopic (exact) mass is 403 g/mol. The van der Waals surface area contributed by atoms with Gasteiger partial charge < -0.3 is 4.42 Å². The number of aromatic nitrogens is 4. The van der Waals surface area contributed by atoms with E-state index in [1.807, 2.05) is 37.6 Å². The minimum atomic E-state index is 0.378. The molecule has 0 atom stereocenters. The third-order valence-electron chi connectivity index (χ3n) is 3.77. The summed E-state index contributed by atoms with van der Waals surface area (Å²) in [4.78, 5) is 11.6. The highest BCUT2D eigenvalue weighted by atomic mass is 32.1. The van der Waals surface area contributed by atoms with Gasteiger partial charge in [0, 0.05) is 5.38 Å². The molecule has 4 aromatic rings. The van der Waals surface area contributed by atoms with Crippen molar-refractivity contribution in [2.24, 2.45) is 0 Å². The van der Waals surface area contributed by atoms with E-state index in [4.69, 9.17) is 16.6 Å². The highest BCUT2D eigenvalue weighted by Crippen LogP contribution is 2.22. The lowest BCUT2D eigenvalue weighted by Gasteiger charge is -2.13. The van der Waals surface area contributed by atoms with Crippen molar-refractivity contribution >= 4 is 45.1 Å². The summed E-state index contributed by atoms with van der Waals surface area (Å²) in [6.07, 6.45) is 0.558. The van der Waals surface area contributed by atoms with Crippen LogP contribution in [0.25, 0.3) is 10.2 Å². The minimum absolute atomic E-state index is 0.378. The van der Waals surface area contributed by atoms with Gasteiger partial charge in [-0.25, -0.2) is 14.6 Å². The van der Waals surface area contributed by atoms with Crippen molar-refractivity contribution in [1.29, 1.82) is 0 Å². The third kappa shape index (κ3) is 3.90. The van der Waals surface area contributed by atoms with Gasteiger partial charge in [-0.1, -0.05) is 12.1 Å². The van der Waals surface area contributed by atoms with Crippen LogP contribution in [0.1, 0.15) is 21.6 Å². The summed E-state index contributed by atoms with van der Waals surface area (Å²) < 4.78 is 8.53. The lowest BCUT2D eigenvalue weighted by molar-refractivity contribution is 0.240. The molecule has 0 aliphatic heterocycles. The molecular weight excluding hydrogens is 386 g/mol. The molecule has 0 amide bonds. The molecule has 0 N–H and O–H groups in total. The molecule has 3 heterocycles. The molecule has 0 saturated carbocycles. The molecule has 3 aromatic heterocycles. The number of hydrogen-bond donors (Lipinski definition) is 0. The lowest BCUT2D eigenvalue weighted by atomic mass is 10.3. The Hall–Kier alpha value is -1.94. The van der Waals surface area contributed by atoms with Crippen LogP contribution in [0.3, 0.4) is 0 Å². The number of aryl methyl sites for hydroxylation is 1. The first-order chi connectivity index (χ1) is 12.6. The van der Waals surface area contributed by atoms with Crippen molar-refractivity contribution in [3.05, 3.63) is 56.1 Å². The quantitative estimate of drug-likeness (QED) is 0.448. The van der Waals surface area contributed by atoms with Gasteiger partial charge in [0.1, 0.15) is 5.01 Å². The zero-order chi connectivity index (χ0) is 18.1. The fourth-order valence-electron chi connectivity index (χ4n) is 2.65. The molecule has 0 aliphatic carbocycles. The molecule has 0 aliphatic rings. The summed E-state index contributed by atoms with van der Waals surface area (Å²) in [5.41, 5.74) is 2.00. The van der Waals surface area contributed by atoms with E-state index in [0.29, 0.717) is 23.8 Å². The van der Waals surface area contributed by atoms with Gasteiger partial charge in [0.25, 0.3) is 4.84 Å². The Morgan fingerprint density at radius 3 is 2.88 bits per heavy atom. The van der Waals surface area contributed by atoms with E-state index in [1.165, 1.54) is 4.70 Å². The second-order valence-electron chi connectivity index (χ2n) is 6.03. The Kier molecular flexibility index (Phi) is 4.94. The first kappa shape index (κ1) is 17.5. The minimum Gasteiger partial charge on any atom is -0.414 e. The van der Waals surface area contributed by atoms with Crippen LogP contribution < -0.4 is 0 Å². The van der Waals surface area contributed by atoms with Crippen LogP contribution in [-0.2, 0) is 19.6 Å². The zero-order valence-electron chi connectivity index (χ0n) is 14.4. The number of hydrogen-bond acceptors (Lipinski definition) is 8. The Bertz CT molecular complexity index is 1060. The summed E-state index contributed by atoms with van der Waals surface area (Å²) in [5, 5.41) is 8.62. The second kappa shape index (κ2) is 7.36. The van der Waals surface area contributed by atoms with Crippen LogP contribution in [0.5, 0.6) is 0 Å². The number of fused-ring (bicyclic) bond motifs is 1. The van der Waals surface area contributed by atoms with Crippen molar-refractivity contribution < 1.29 is 4.42 Å². The smallest absolute Gasteiger partial charge is 0.288 e. The number of nitrogens with zero attached hydrogens (tertiary/aromatic N) is 5. The summed E-state index contributed by atoms with van der Waals surface area (Å²) in [7, 11) is 2.02. The van der Waals surface area contributed by atoms with Crippen molar-refractivity contribution in [3.8, 4) is 0 Å². The molecule has 9 heteroatoms. The second-order valence-corrected chi connectivity index (χ2v) is 8.55.